The molecule has 1 aromatic rings. The Bertz CT molecular complexity index is 661. The van der Waals surface area contributed by atoms with E-state index >= 15 is 0 Å². The summed E-state index contributed by atoms with van der Waals surface area (Å²) in [5, 5.41) is 48.5. The normalized spacial score (nSPS) is 25.3. The smallest absolute Gasteiger partial charge is 0.342 e. The molecule has 0 amide bonds. The van der Waals surface area contributed by atoms with Crippen LogP contribution in [0.5, 0.6) is 11.5 Å². The summed E-state index contributed by atoms with van der Waals surface area (Å²) < 4.78 is 10.0. The number of aliphatic hydroxyl groups excluding tert-OH is 3. The lowest BCUT2D eigenvalue weighted by Crippen LogP contribution is -2.52. The van der Waals surface area contributed by atoms with Gasteiger partial charge in [0.15, 0.2) is 11.7 Å². The van der Waals surface area contributed by atoms with Crippen molar-refractivity contribution < 1.29 is 44.6 Å². The molecular weight excluding hydrogens is 336 g/mol. The highest BCUT2D eigenvalue weighted by Crippen LogP contribution is 2.34. The molecule has 1 aliphatic rings. The molecule has 0 spiro atoms. The zero-order chi connectivity index (χ0) is 18.9. The Morgan fingerprint density at radius 3 is 2.52 bits per heavy atom. The van der Waals surface area contributed by atoms with Crippen molar-refractivity contribution in [3.8, 4) is 11.5 Å². The van der Waals surface area contributed by atoms with Gasteiger partial charge in [0.05, 0.1) is 6.10 Å². The molecule has 2 rings (SSSR count). The number of hydrogen-bond acceptors (Lipinski definition) is 9. The molecule has 0 aromatic heterocycles. The molecule has 0 aliphatic carbocycles. The lowest BCUT2D eigenvalue weighted by atomic mass is 9.90. The molecular formula is C16H20O9. The SMILES string of the molecule is Cc1cc(O)cc(O)c1C(=O)OCC1(C(O)C(C)O)CC(O)C(=O)O1. The average molecular weight is 356 g/mol. The van der Waals surface area contributed by atoms with Gasteiger partial charge in [0.25, 0.3) is 0 Å². The molecule has 4 atom stereocenters. The number of esters is 2. The average Bonchev–Trinajstić information content (AvgIpc) is 2.79. The number of phenolic OH excluding ortho intramolecular Hbond substituents is 2. The maximum absolute atomic E-state index is 12.2. The first kappa shape index (κ1) is 19.0. The van der Waals surface area contributed by atoms with Gasteiger partial charge < -0.3 is 35.0 Å². The van der Waals surface area contributed by atoms with Crippen LogP contribution in [0.4, 0.5) is 0 Å². The number of ether oxygens (including phenoxy) is 2. The van der Waals surface area contributed by atoms with Gasteiger partial charge in [-0.05, 0) is 25.5 Å². The lowest BCUT2D eigenvalue weighted by molar-refractivity contribution is -0.176. The largest absolute Gasteiger partial charge is 0.508 e. The summed E-state index contributed by atoms with van der Waals surface area (Å²) in [4.78, 5) is 23.7. The number of carbonyl (C=O) groups is 2. The van der Waals surface area contributed by atoms with Crippen LogP contribution in [0.15, 0.2) is 12.1 Å². The van der Waals surface area contributed by atoms with E-state index in [0.717, 1.165) is 6.07 Å². The third kappa shape index (κ3) is 3.68. The third-order valence-corrected chi connectivity index (χ3v) is 4.06. The maximum Gasteiger partial charge on any atom is 0.342 e. The summed E-state index contributed by atoms with van der Waals surface area (Å²) in [6.07, 6.45) is -4.81. The van der Waals surface area contributed by atoms with E-state index in [0.29, 0.717) is 0 Å². The Labute approximate surface area is 143 Å². The van der Waals surface area contributed by atoms with E-state index in [1.807, 2.05) is 0 Å². The summed E-state index contributed by atoms with van der Waals surface area (Å²) in [6.45, 7) is 2.08. The highest BCUT2D eigenvalue weighted by atomic mass is 16.6. The topological polar surface area (TPSA) is 154 Å². The van der Waals surface area contributed by atoms with Crippen molar-refractivity contribution in [1.29, 1.82) is 0 Å². The van der Waals surface area contributed by atoms with Crippen molar-refractivity contribution in [1.82, 2.24) is 0 Å². The van der Waals surface area contributed by atoms with Crippen LogP contribution in [0.25, 0.3) is 0 Å². The second-order valence-electron chi connectivity index (χ2n) is 6.12. The van der Waals surface area contributed by atoms with Gasteiger partial charge in [0, 0.05) is 12.5 Å². The van der Waals surface area contributed by atoms with Crippen molar-refractivity contribution in [2.24, 2.45) is 0 Å². The van der Waals surface area contributed by atoms with Crippen LogP contribution in [-0.2, 0) is 14.3 Å². The van der Waals surface area contributed by atoms with Gasteiger partial charge in [-0.3, -0.25) is 0 Å². The summed E-state index contributed by atoms with van der Waals surface area (Å²) in [6, 6.07) is 2.21. The minimum Gasteiger partial charge on any atom is -0.508 e. The van der Waals surface area contributed by atoms with Gasteiger partial charge in [-0.25, -0.2) is 9.59 Å². The Morgan fingerprint density at radius 2 is 2.04 bits per heavy atom. The maximum atomic E-state index is 12.2. The molecule has 0 bridgehead atoms. The van der Waals surface area contributed by atoms with Gasteiger partial charge in [-0.15, -0.1) is 0 Å². The van der Waals surface area contributed by atoms with Crippen LogP contribution in [0, 0.1) is 6.92 Å². The quantitative estimate of drug-likeness (QED) is 0.433. The Hall–Kier alpha value is -2.36. The first-order chi connectivity index (χ1) is 11.6. The molecule has 0 saturated carbocycles. The molecule has 5 N–H and O–H groups in total. The molecule has 9 nitrogen and oxygen atoms in total. The molecule has 1 aromatic carbocycles. The van der Waals surface area contributed by atoms with Crippen LogP contribution >= 0.6 is 0 Å². The molecule has 0 radical (unpaired) electrons. The monoisotopic (exact) mass is 356 g/mol. The molecule has 4 unspecified atom stereocenters. The van der Waals surface area contributed by atoms with Gasteiger partial charge in [0.1, 0.15) is 29.8 Å². The highest BCUT2D eigenvalue weighted by molar-refractivity contribution is 5.94. The Balaban J connectivity index is 2.22. The van der Waals surface area contributed by atoms with E-state index in [9.17, 15) is 35.1 Å². The number of aliphatic hydroxyl groups is 3. The summed E-state index contributed by atoms with van der Waals surface area (Å²) in [5.74, 6) is -2.72. The van der Waals surface area contributed by atoms with Crippen LogP contribution in [0.3, 0.4) is 0 Å². The summed E-state index contributed by atoms with van der Waals surface area (Å²) in [5.41, 5.74) is -1.76. The van der Waals surface area contributed by atoms with Crippen molar-refractivity contribution >= 4 is 11.9 Å². The van der Waals surface area contributed by atoms with Crippen LogP contribution in [0.2, 0.25) is 0 Å². The standard InChI is InChI=1S/C16H20O9/c1-7-3-9(18)4-10(19)12(7)15(23)24-6-16(13(21)8(2)17)5-11(20)14(22)25-16/h3-4,8,11,13,17-21H,5-6H2,1-2H3. The van der Waals surface area contributed by atoms with Gasteiger partial charge in [0.2, 0.25) is 0 Å². The van der Waals surface area contributed by atoms with E-state index in [-0.39, 0.29) is 23.3 Å². The molecule has 1 heterocycles. The van der Waals surface area contributed by atoms with E-state index in [4.69, 9.17) is 9.47 Å². The number of carbonyl (C=O) groups excluding carboxylic acids is 2. The fraction of sp³-hybridized carbons (Fsp3) is 0.500. The zero-order valence-electron chi connectivity index (χ0n) is 13.7. The van der Waals surface area contributed by atoms with E-state index in [2.05, 4.69) is 0 Å². The minimum atomic E-state index is -1.80. The predicted molar refractivity (Wildman–Crippen MR) is 81.9 cm³/mol. The fourth-order valence-electron chi connectivity index (χ4n) is 2.79. The van der Waals surface area contributed by atoms with Gasteiger partial charge in [-0.1, -0.05) is 0 Å². The Morgan fingerprint density at radius 1 is 1.40 bits per heavy atom. The van der Waals surface area contributed by atoms with Crippen molar-refractivity contribution in [2.75, 3.05) is 6.61 Å². The summed E-state index contributed by atoms with van der Waals surface area (Å²) >= 11 is 0. The van der Waals surface area contributed by atoms with Gasteiger partial charge in [-0.2, -0.15) is 0 Å². The van der Waals surface area contributed by atoms with Gasteiger partial charge >= 0.3 is 11.9 Å². The molecule has 138 valence electrons. The molecule has 9 heteroatoms. The first-order valence-electron chi connectivity index (χ1n) is 7.54. The molecule has 25 heavy (non-hydrogen) atoms. The predicted octanol–water partition coefficient (Wildman–Crippen LogP) is -0.649. The van der Waals surface area contributed by atoms with E-state index in [1.54, 1.807) is 0 Å². The number of rotatable bonds is 5. The summed E-state index contributed by atoms with van der Waals surface area (Å²) in [7, 11) is 0. The number of phenols is 2. The molecule has 1 aliphatic heterocycles. The minimum absolute atomic E-state index is 0.204. The fourth-order valence-corrected chi connectivity index (χ4v) is 2.79. The number of aromatic hydroxyl groups is 2. The number of aryl methyl sites for hydroxylation is 1. The zero-order valence-corrected chi connectivity index (χ0v) is 13.7. The van der Waals surface area contributed by atoms with Crippen LogP contribution in [-0.4, -0.2) is 68.0 Å². The molecule has 1 fully saturated rings. The lowest BCUT2D eigenvalue weighted by Gasteiger charge is -2.33. The number of hydrogen-bond donors (Lipinski definition) is 5. The van der Waals surface area contributed by atoms with Crippen molar-refractivity contribution in [3.63, 3.8) is 0 Å². The number of benzene rings is 1. The van der Waals surface area contributed by atoms with Crippen molar-refractivity contribution in [2.45, 2.75) is 44.2 Å². The van der Waals surface area contributed by atoms with E-state index in [1.165, 1.54) is 19.9 Å². The Kier molecular flexibility index (Phi) is 5.21. The number of cyclic esters (lactones) is 1. The van der Waals surface area contributed by atoms with Crippen molar-refractivity contribution in [3.05, 3.63) is 23.3 Å². The first-order valence-corrected chi connectivity index (χ1v) is 7.54. The van der Waals surface area contributed by atoms with Crippen LogP contribution in [0.1, 0.15) is 29.3 Å². The second-order valence-corrected chi connectivity index (χ2v) is 6.12. The van der Waals surface area contributed by atoms with Crippen LogP contribution < -0.4 is 0 Å². The third-order valence-electron chi connectivity index (χ3n) is 4.06. The second kappa shape index (κ2) is 6.87. The molecule has 1 saturated heterocycles. The highest BCUT2D eigenvalue weighted by Gasteiger charge is 2.53. The van der Waals surface area contributed by atoms with E-state index < -0.39 is 48.2 Å².